The number of hydrogen-bond acceptors (Lipinski definition) is 3. The lowest BCUT2D eigenvalue weighted by atomic mass is 9.85. The van der Waals surface area contributed by atoms with Crippen LogP contribution in [0, 0.1) is 17.2 Å². The van der Waals surface area contributed by atoms with Gasteiger partial charge in [0.15, 0.2) is 0 Å². The summed E-state index contributed by atoms with van der Waals surface area (Å²) in [4.78, 5) is 16.2. The molecule has 26 heavy (non-hydrogen) atoms. The number of aryl methyl sites for hydroxylation is 1. The van der Waals surface area contributed by atoms with Crippen molar-refractivity contribution >= 4 is 22.5 Å². The van der Waals surface area contributed by atoms with Crippen LogP contribution in [0.25, 0.3) is 10.9 Å². The number of ether oxygens (including phenoxy) is 1. The number of carbonyl (C=O) groups is 1. The first-order valence-electron chi connectivity index (χ1n) is 8.66. The average Bonchev–Trinajstić information content (AvgIpc) is 3.05. The third-order valence-electron chi connectivity index (χ3n) is 5.03. The standard InChI is InChI=1S/C21H19N3O2/c1-26-16-6-8-20-18(11-16)17-10-14(5-7-19(17)24-20)21(25)23-15-4-2-3-13(9-15)12-22/h2-4,6,8-9,11,14,24H,5,7,10H2,1H3,(H,23,25). The summed E-state index contributed by atoms with van der Waals surface area (Å²) in [6, 6.07) is 15.1. The van der Waals surface area contributed by atoms with Gasteiger partial charge in [0.05, 0.1) is 18.7 Å². The number of nitrogens with zero attached hydrogens (tertiary/aromatic N) is 1. The number of fused-ring (bicyclic) bond motifs is 3. The molecule has 1 atom stereocenters. The lowest BCUT2D eigenvalue weighted by Crippen LogP contribution is -2.28. The zero-order chi connectivity index (χ0) is 18.1. The van der Waals surface area contributed by atoms with E-state index >= 15 is 0 Å². The van der Waals surface area contributed by atoms with Crippen molar-refractivity contribution in [2.75, 3.05) is 12.4 Å². The van der Waals surface area contributed by atoms with Crippen LogP contribution in [-0.2, 0) is 17.6 Å². The maximum absolute atomic E-state index is 12.7. The SMILES string of the molecule is COc1ccc2[nH]c3c(c2c1)CC(C(=O)Nc1cccc(C#N)c1)CC3. The Morgan fingerprint density at radius 3 is 3.00 bits per heavy atom. The van der Waals surface area contributed by atoms with Crippen LogP contribution in [0.15, 0.2) is 42.5 Å². The number of carbonyl (C=O) groups excluding carboxylic acids is 1. The number of amides is 1. The van der Waals surface area contributed by atoms with Crippen molar-refractivity contribution in [3.63, 3.8) is 0 Å². The van der Waals surface area contributed by atoms with Crippen LogP contribution in [0.4, 0.5) is 5.69 Å². The molecule has 130 valence electrons. The molecule has 0 fully saturated rings. The van der Waals surface area contributed by atoms with E-state index in [1.165, 1.54) is 11.3 Å². The number of nitriles is 1. The van der Waals surface area contributed by atoms with Crippen molar-refractivity contribution in [3.05, 3.63) is 59.3 Å². The topological polar surface area (TPSA) is 77.9 Å². The number of hydrogen-bond donors (Lipinski definition) is 2. The second-order valence-corrected chi connectivity index (χ2v) is 6.62. The molecule has 1 amide bonds. The molecule has 1 aromatic heterocycles. The van der Waals surface area contributed by atoms with Gasteiger partial charge in [-0.3, -0.25) is 4.79 Å². The van der Waals surface area contributed by atoms with E-state index in [-0.39, 0.29) is 11.8 Å². The maximum Gasteiger partial charge on any atom is 0.227 e. The number of aromatic nitrogens is 1. The molecule has 0 saturated heterocycles. The number of rotatable bonds is 3. The fourth-order valence-electron chi connectivity index (χ4n) is 3.66. The highest BCUT2D eigenvalue weighted by atomic mass is 16.5. The average molecular weight is 345 g/mol. The predicted octanol–water partition coefficient (Wildman–Crippen LogP) is 3.79. The van der Waals surface area contributed by atoms with Crippen molar-refractivity contribution in [2.24, 2.45) is 5.92 Å². The zero-order valence-corrected chi connectivity index (χ0v) is 14.5. The molecule has 3 aromatic rings. The minimum Gasteiger partial charge on any atom is -0.497 e. The number of methoxy groups -OCH3 is 1. The van der Waals surface area contributed by atoms with Gasteiger partial charge in [-0.05, 0) is 61.2 Å². The Morgan fingerprint density at radius 2 is 2.19 bits per heavy atom. The van der Waals surface area contributed by atoms with Crippen molar-refractivity contribution in [1.29, 1.82) is 5.26 Å². The smallest absolute Gasteiger partial charge is 0.227 e. The molecule has 2 aromatic carbocycles. The van der Waals surface area contributed by atoms with E-state index in [0.717, 1.165) is 29.5 Å². The Hall–Kier alpha value is -3.26. The molecule has 1 heterocycles. The summed E-state index contributed by atoms with van der Waals surface area (Å²) in [5, 5.41) is 13.1. The second-order valence-electron chi connectivity index (χ2n) is 6.62. The van der Waals surface area contributed by atoms with E-state index in [1.807, 2.05) is 24.3 Å². The van der Waals surface area contributed by atoms with Gasteiger partial charge in [0.1, 0.15) is 5.75 Å². The number of H-pyrrole nitrogens is 1. The fraction of sp³-hybridized carbons (Fsp3) is 0.238. The second kappa shape index (κ2) is 6.57. The fourth-order valence-corrected chi connectivity index (χ4v) is 3.66. The van der Waals surface area contributed by atoms with Crippen molar-refractivity contribution in [1.82, 2.24) is 4.98 Å². The molecule has 1 unspecified atom stereocenters. The highest BCUT2D eigenvalue weighted by Gasteiger charge is 2.27. The number of anilines is 1. The molecule has 0 aliphatic heterocycles. The first-order valence-corrected chi connectivity index (χ1v) is 8.66. The van der Waals surface area contributed by atoms with Crippen molar-refractivity contribution < 1.29 is 9.53 Å². The lowest BCUT2D eigenvalue weighted by molar-refractivity contribution is -0.120. The Balaban J connectivity index is 1.57. The van der Waals surface area contributed by atoms with Gasteiger partial charge < -0.3 is 15.0 Å². The van der Waals surface area contributed by atoms with E-state index in [2.05, 4.69) is 16.4 Å². The van der Waals surface area contributed by atoms with Crippen molar-refractivity contribution in [2.45, 2.75) is 19.3 Å². The van der Waals surface area contributed by atoms with Crippen LogP contribution in [0.2, 0.25) is 0 Å². The Kier molecular flexibility index (Phi) is 4.10. The number of nitrogens with one attached hydrogen (secondary N) is 2. The molecule has 0 radical (unpaired) electrons. The van der Waals surface area contributed by atoms with Crippen molar-refractivity contribution in [3.8, 4) is 11.8 Å². The molecule has 5 nitrogen and oxygen atoms in total. The van der Waals surface area contributed by atoms with Gasteiger partial charge in [-0.25, -0.2) is 0 Å². The molecule has 4 rings (SSSR count). The van der Waals surface area contributed by atoms with Gasteiger partial charge in [-0.2, -0.15) is 5.26 Å². The van der Waals surface area contributed by atoms with Crippen LogP contribution in [0.1, 0.15) is 23.2 Å². The van der Waals surface area contributed by atoms with E-state index in [0.29, 0.717) is 17.7 Å². The highest BCUT2D eigenvalue weighted by molar-refractivity contribution is 5.94. The van der Waals surface area contributed by atoms with Crippen LogP contribution >= 0.6 is 0 Å². The van der Waals surface area contributed by atoms with Crippen LogP contribution in [0.5, 0.6) is 5.75 Å². The molecule has 0 saturated carbocycles. The molecule has 0 bridgehead atoms. The predicted molar refractivity (Wildman–Crippen MR) is 100 cm³/mol. The van der Waals surface area contributed by atoms with E-state index in [1.54, 1.807) is 25.3 Å². The monoisotopic (exact) mass is 345 g/mol. The van der Waals surface area contributed by atoms with Gasteiger partial charge in [0.25, 0.3) is 0 Å². The summed E-state index contributed by atoms with van der Waals surface area (Å²) in [6.45, 7) is 0. The first-order chi connectivity index (χ1) is 12.7. The quantitative estimate of drug-likeness (QED) is 0.758. The maximum atomic E-state index is 12.7. The summed E-state index contributed by atoms with van der Waals surface area (Å²) < 4.78 is 5.34. The van der Waals surface area contributed by atoms with Crippen LogP contribution in [0.3, 0.4) is 0 Å². The Bertz CT molecular complexity index is 1030. The summed E-state index contributed by atoms with van der Waals surface area (Å²) in [5.41, 5.74) is 4.70. The molecule has 1 aliphatic carbocycles. The van der Waals surface area contributed by atoms with Gasteiger partial charge in [0, 0.05) is 28.2 Å². The van der Waals surface area contributed by atoms with Crippen LogP contribution in [-0.4, -0.2) is 18.0 Å². The molecule has 2 N–H and O–H groups in total. The minimum atomic E-state index is -0.0848. The molecule has 5 heteroatoms. The zero-order valence-electron chi connectivity index (χ0n) is 14.5. The molecule has 0 spiro atoms. The normalized spacial score (nSPS) is 15.9. The summed E-state index contributed by atoms with van der Waals surface area (Å²) >= 11 is 0. The summed E-state index contributed by atoms with van der Waals surface area (Å²) in [5.74, 6) is 0.737. The summed E-state index contributed by atoms with van der Waals surface area (Å²) in [6.07, 6.45) is 2.36. The largest absolute Gasteiger partial charge is 0.497 e. The summed E-state index contributed by atoms with van der Waals surface area (Å²) in [7, 11) is 1.66. The number of benzene rings is 2. The van der Waals surface area contributed by atoms with Crippen LogP contribution < -0.4 is 10.1 Å². The molecular formula is C21H19N3O2. The Labute approximate surface area is 151 Å². The highest BCUT2D eigenvalue weighted by Crippen LogP contribution is 2.34. The van der Waals surface area contributed by atoms with E-state index in [4.69, 9.17) is 10.00 Å². The lowest BCUT2D eigenvalue weighted by Gasteiger charge is -2.22. The number of aromatic amines is 1. The molecule has 1 aliphatic rings. The third-order valence-corrected chi connectivity index (χ3v) is 5.03. The Morgan fingerprint density at radius 1 is 1.31 bits per heavy atom. The molecular weight excluding hydrogens is 326 g/mol. The van der Waals surface area contributed by atoms with E-state index < -0.39 is 0 Å². The third kappa shape index (κ3) is 2.91. The van der Waals surface area contributed by atoms with E-state index in [9.17, 15) is 4.79 Å². The van der Waals surface area contributed by atoms with Gasteiger partial charge in [0.2, 0.25) is 5.91 Å². The minimum absolute atomic E-state index is 0.00276. The van der Waals surface area contributed by atoms with Gasteiger partial charge >= 0.3 is 0 Å². The first kappa shape index (κ1) is 16.2. The van der Waals surface area contributed by atoms with Gasteiger partial charge in [-0.1, -0.05) is 6.07 Å². The van der Waals surface area contributed by atoms with Gasteiger partial charge in [-0.15, -0.1) is 0 Å².